The second kappa shape index (κ2) is 5.52. The van der Waals surface area contributed by atoms with Crippen molar-refractivity contribution in [2.75, 3.05) is 6.61 Å². The summed E-state index contributed by atoms with van der Waals surface area (Å²) in [5.74, 6) is -5.50. The van der Waals surface area contributed by atoms with Crippen LogP contribution in [0.1, 0.15) is 29.7 Å². The van der Waals surface area contributed by atoms with Crippen molar-refractivity contribution in [2.45, 2.75) is 32.7 Å². The zero-order valence-electron chi connectivity index (χ0n) is 11.0. The van der Waals surface area contributed by atoms with Gasteiger partial charge in [0.15, 0.2) is 0 Å². The molecule has 19 heavy (non-hydrogen) atoms. The molecule has 0 aliphatic rings. The summed E-state index contributed by atoms with van der Waals surface area (Å²) in [5, 5.41) is 9.38. The second-order valence-electron chi connectivity index (χ2n) is 4.31. The van der Waals surface area contributed by atoms with Crippen molar-refractivity contribution in [1.82, 2.24) is 0 Å². The lowest BCUT2D eigenvalue weighted by molar-refractivity contribution is -0.174. The predicted octanol–water partition coefficient (Wildman–Crippen LogP) is 2.21. The Morgan fingerprint density at radius 2 is 1.89 bits per heavy atom. The fourth-order valence-corrected chi connectivity index (χ4v) is 1.98. The monoisotopic (exact) mass is 273 g/mol. The predicted molar refractivity (Wildman–Crippen MR) is 66.1 cm³/mol. The smallest absolute Gasteiger partial charge is 0.379 e. The molecular weight excluding hydrogens is 256 g/mol. The van der Waals surface area contributed by atoms with E-state index >= 15 is 0 Å². The highest BCUT2D eigenvalue weighted by Crippen LogP contribution is 2.35. The SMILES string of the molecule is CCOC(=O)C(F)(F)[C@H](N)c1c(C)cc(O)cc1C. The van der Waals surface area contributed by atoms with Crippen LogP contribution in [-0.2, 0) is 9.53 Å². The van der Waals surface area contributed by atoms with Gasteiger partial charge < -0.3 is 15.6 Å². The molecule has 0 heterocycles. The highest BCUT2D eigenvalue weighted by Gasteiger charge is 2.48. The number of nitrogens with two attached hydrogens (primary N) is 1. The lowest BCUT2D eigenvalue weighted by Crippen LogP contribution is -2.42. The molecule has 0 aromatic heterocycles. The molecular formula is C13H17F2NO3. The van der Waals surface area contributed by atoms with E-state index in [1.807, 2.05) is 0 Å². The number of halogens is 2. The van der Waals surface area contributed by atoms with Gasteiger partial charge in [-0.15, -0.1) is 0 Å². The number of carbonyl (C=O) groups excluding carboxylic acids is 1. The third-order valence-corrected chi connectivity index (χ3v) is 2.83. The minimum atomic E-state index is -3.82. The molecule has 106 valence electrons. The van der Waals surface area contributed by atoms with Gasteiger partial charge in [-0.1, -0.05) is 0 Å². The molecule has 1 rings (SSSR count). The molecule has 0 unspecified atom stereocenters. The number of carbonyl (C=O) groups is 1. The molecule has 0 aliphatic heterocycles. The van der Waals surface area contributed by atoms with E-state index in [1.165, 1.54) is 19.1 Å². The van der Waals surface area contributed by atoms with Crippen LogP contribution in [0.4, 0.5) is 8.78 Å². The summed E-state index contributed by atoms with van der Waals surface area (Å²) in [6, 6.07) is 0.833. The van der Waals surface area contributed by atoms with Crippen LogP contribution in [0.2, 0.25) is 0 Å². The molecule has 0 saturated carbocycles. The number of phenolic OH excluding ortho intramolecular Hbond substituents is 1. The normalized spacial score (nSPS) is 13.2. The van der Waals surface area contributed by atoms with Gasteiger partial charge in [0.05, 0.1) is 6.61 Å². The number of rotatable bonds is 4. The number of alkyl halides is 2. The van der Waals surface area contributed by atoms with Crippen molar-refractivity contribution in [1.29, 1.82) is 0 Å². The number of aryl methyl sites for hydroxylation is 2. The fourth-order valence-electron chi connectivity index (χ4n) is 1.98. The first-order valence-electron chi connectivity index (χ1n) is 5.82. The molecule has 0 amide bonds. The summed E-state index contributed by atoms with van der Waals surface area (Å²) in [4.78, 5) is 11.3. The summed E-state index contributed by atoms with van der Waals surface area (Å²) < 4.78 is 32.1. The molecule has 4 nitrogen and oxygen atoms in total. The first kappa shape index (κ1) is 15.4. The Bertz CT molecular complexity index is 466. The van der Waals surface area contributed by atoms with Crippen LogP contribution >= 0.6 is 0 Å². The maximum atomic E-state index is 13.9. The Labute approximate surface area is 110 Å². The second-order valence-corrected chi connectivity index (χ2v) is 4.31. The van der Waals surface area contributed by atoms with Crippen molar-refractivity contribution in [3.63, 3.8) is 0 Å². The van der Waals surface area contributed by atoms with Gasteiger partial charge in [-0.05, 0) is 49.6 Å². The summed E-state index contributed by atoms with van der Waals surface area (Å²) in [6.45, 7) is 4.39. The summed E-state index contributed by atoms with van der Waals surface area (Å²) in [6.07, 6.45) is 0. The van der Waals surface area contributed by atoms with Crippen LogP contribution in [0.15, 0.2) is 12.1 Å². The van der Waals surface area contributed by atoms with Crippen LogP contribution in [0, 0.1) is 13.8 Å². The quantitative estimate of drug-likeness (QED) is 0.825. The van der Waals surface area contributed by atoms with E-state index in [2.05, 4.69) is 4.74 Å². The largest absolute Gasteiger partial charge is 0.508 e. The fraction of sp³-hybridized carbons (Fsp3) is 0.462. The van der Waals surface area contributed by atoms with Gasteiger partial charge in [-0.25, -0.2) is 4.79 Å². The first-order valence-corrected chi connectivity index (χ1v) is 5.82. The van der Waals surface area contributed by atoms with Gasteiger partial charge in [0, 0.05) is 0 Å². The van der Waals surface area contributed by atoms with Gasteiger partial charge in [0.25, 0.3) is 0 Å². The maximum Gasteiger partial charge on any atom is 0.379 e. The van der Waals surface area contributed by atoms with Crippen LogP contribution in [0.5, 0.6) is 5.75 Å². The molecule has 1 aromatic carbocycles. The van der Waals surface area contributed by atoms with Crippen molar-refractivity contribution in [3.8, 4) is 5.75 Å². The van der Waals surface area contributed by atoms with Gasteiger partial charge in [-0.3, -0.25) is 0 Å². The summed E-state index contributed by atoms with van der Waals surface area (Å²) in [5.41, 5.74) is 6.45. The van der Waals surface area contributed by atoms with E-state index in [1.54, 1.807) is 13.8 Å². The van der Waals surface area contributed by atoms with Crippen LogP contribution in [0.25, 0.3) is 0 Å². The Morgan fingerprint density at radius 1 is 1.42 bits per heavy atom. The molecule has 3 N–H and O–H groups in total. The van der Waals surface area contributed by atoms with Crippen LogP contribution in [-0.4, -0.2) is 23.6 Å². The Kier molecular flexibility index (Phi) is 4.47. The van der Waals surface area contributed by atoms with E-state index in [4.69, 9.17) is 5.73 Å². The first-order chi connectivity index (χ1) is 8.71. The number of hydrogen-bond acceptors (Lipinski definition) is 4. The molecule has 6 heteroatoms. The topological polar surface area (TPSA) is 72.5 Å². The lowest BCUT2D eigenvalue weighted by Gasteiger charge is -2.24. The zero-order chi connectivity index (χ0) is 14.8. The highest BCUT2D eigenvalue weighted by molar-refractivity contribution is 5.79. The van der Waals surface area contributed by atoms with Crippen LogP contribution in [0.3, 0.4) is 0 Å². The molecule has 0 spiro atoms. The minimum absolute atomic E-state index is 0.0367. The molecule has 0 bridgehead atoms. The van der Waals surface area contributed by atoms with Gasteiger partial charge in [0.2, 0.25) is 0 Å². The minimum Gasteiger partial charge on any atom is -0.508 e. The van der Waals surface area contributed by atoms with Crippen molar-refractivity contribution >= 4 is 5.97 Å². The summed E-state index contributed by atoms with van der Waals surface area (Å²) >= 11 is 0. The van der Waals surface area contributed by atoms with Gasteiger partial charge in [-0.2, -0.15) is 8.78 Å². The average molecular weight is 273 g/mol. The van der Waals surface area contributed by atoms with E-state index < -0.39 is 17.9 Å². The third-order valence-electron chi connectivity index (χ3n) is 2.83. The van der Waals surface area contributed by atoms with Gasteiger partial charge >= 0.3 is 11.9 Å². The van der Waals surface area contributed by atoms with Crippen LogP contribution < -0.4 is 5.73 Å². The van der Waals surface area contributed by atoms with Crippen molar-refractivity contribution < 1.29 is 23.4 Å². The summed E-state index contributed by atoms with van der Waals surface area (Å²) in [7, 11) is 0. The maximum absolute atomic E-state index is 13.9. The molecule has 0 aliphatic carbocycles. The Hall–Kier alpha value is -1.69. The molecule has 1 atom stereocenters. The van der Waals surface area contributed by atoms with E-state index in [9.17, 15) is 18.7 Å². The van der Waals surface area contributed by atoms with Crippen molar-refractivity contribution in [3.05, 3.63) is 28.8 Å². The number of ether oxygens (including phenoxy) is 1. The van der Waals surface area contributed by atoms with E-state index in [0.29, 0.717) is 11.1 Å². The number of esters is 1. The number of phenols is 1. The Balaban J connectivity index is 3.19. The number of hydrogen-bond donors (Lipinski definition) is 2. The van der Waals surface area contributed by atoms with E-state index in [0.717, 1.165) is 0 Å². The van der Waals surface area contributed by atoms with Crippen molar-refractivity contribution in [2.24, 2.45) is 5.73 Å². The lowest BCUT2D eigenvalue weighted by atomic mass is 9.92. The average Bonchev–Trinajstić information content (AvgIpc) is 2.27. The molecule has 0 fully saturated rings. The highest BCUT2D eigenvalue weighted by atomic mass is 19.3. The zero-order valence-corrected chi connectivity index (χ0v) is 11.0. The molecule has 0 radical (unpaired) electrons. The number of aromatic hydroxyl groups is 1. The number of benzene rings is 1. The standard InChI is InChI=1S/C13H17F2NO3/c1-4-19-12(18)13(14,15)11(16)10-7(2)5-9(17)6-8(10)3/h5-6,11,17H,4,16H2,1-3H3/t11-/m1/s1. The Morgan fingerprint density at radius 3 is 2.32 bits per heavy atom. The third kappa shape index (κ3) is 3.01. The molecule has 0 saturated heterocycles. The van der Waals surface area contributed by atoms with Gasteiger partial charge in [0.1, 0.15) is 11.8 Å². The molecule has 1 aromatic rings. The van der Waals surface area contributed by atoms with E-state index in [-0.39, 0.29) is 17.9 Å².